The summed E-state index contributed by atoms with van der Waals surface area (Å²) in [6.07, 6.45) is 0. The number of benzene rings is 4. The zero-order chi connectivity index (χ0) is 17.2. The third kappa shape index (κ3) is 2.78. The number of methoxy groups -OCH3 is 1. The van der Waals surface area contributed by atoms with Gasteiger partial charge in [0.15, 0.2) is 0 Å². The Balaban J connectivity index is 2.08. The predicted octanol–water partition coefficient (Wildman–Crippen LogP) is 6.49. The molecule has 4 rings (SSSR count). The number of hydrogen-bond donors (Lipinski definition) is 0. The highest BCUT2D eigenvalue weighted by atomic mass is 16.5. The summed E-state index contributed by atoms with van der Waals surface area (Å²) in [6, 6.07) is 29.8. The standard InChI is InChI=1S/C24H20O/c1-17-22(18-9-5-3-6-10-18)16-24(19-11-7-4-8-12-19)21-14-13-20(25-2)15-23(17)21/h3-16H,1-2H3. The van der Waals surface area contributed by atoms with Crippen LogP contribution in [-0.4, -0.2) is 7.11 Å². The first kappa shape index (κ1) is 15.5. The van der Waals surface area contributed by atoms with Crippen LogP contribution in [0.5, 0.6) is 5.75 Å². The molecule has 0 N–H and O–H groups in total. The van der Waals surface area contributed by atoms with Crippen molar-refractivity contribution in [1.29, 1.82) is 0 Å². The molecule has 0 saturated heterocycles. The zero-order valence-electron chi connectivity index (χ0n) is 14.5. The average molecular weight is 324 g/mol. The highest BCUT2D eigenvalue weighted by Crippen LogP contribution is 2.38. The second kappa shape index (κ2) is 6.45. The van der Waals surface area contributed by atoms with Crippen molar-refractivity contribution in [1.82, 2.24) is 0 Å². The molecule has 0 aliphatic carbocycles. The van der Waals surface area contributed by atoms with Crippen LogP contribution in [0.4, 0.5) is 0 Å². The van der Waals surface area contributed by atoms with Crippen molar-refractivity contribution in [3.8, 4) is 28.0 Å². The molecule has 0 amide bonds. The second-order valence-electron chi connectivity index (χ2n) is 6.24. The molecule has 0 aromatic heterocycles. The van der Waals surface area contributed by atoms with Crippen LogP contribution in [0, 0.1) is 6.92 Å². The minimum atomic E-state index is 0.889. The van der Waals surface area contributed by atoms with Gasteiger partial charge in [-0.1, -0.05) is 66.7 Å². The van der Waals surface area contributed by atoms with E-state index in [1.165, 1.54) is 38.6 Å². The Hall–Kier alpha value is -3.06. The Morgan fingerprint density at radius 2 is 1.20 bits per heavy atom. The largest absolute Gasteiger partial charge is 0.497 e. The van der Waals surface area contributed by atoms with E-state index in [0.29, 0.717) is 0 Å². The van der Waals surface area contributed by atoms with Crippen molar-refractivity contribution in [2.24, 2.45) is 0 Å². The van der Waals surface area contributed by atoms with E-state index in [4.69, 9.17) is 4.74 Å². The Bertz CT molecular complexity index is 1020. The van der Waals surface area contributed by atoms with Gasteiger partial charge < -0.3 is 4.74 Å². The van der Waals surface area contributed by atoms with E-state index in [1.54, 1.807) is 7.11 Å². The molecule has 0 bridgehead atoms. The van der Waals surface area contributed by atoms with Crippen LogP contribution in [-0.2, 0) is 0 Å². The summed E-state index contributed by atoms with van der Waals surface area (Å²) in [4.78, 5) is 0. The average Bonchev–Trinajstić information content (AvgIpc) is 2.69. The summed E-state index contributed by atoms with van der Waals surface area (Å²) in [6.45, 7) is 2.19. The minimum Gasteiger partial charge on any atom is -0.497 e. The molecule has 25 heavy (non-hydrogen) atoms. The molecule has 0 heterocycles. The number of ether oxygens (including phenoxy) is 1. The molecular formula is C24H20O. The fourth-order valence-corrected chi connectivity index (χ4v) is 3.44. The fraction of sp³-hybridized carbons (Fsp3) is 0.0833. The molecular weight excluding hydrogens is 304 g/mol. The van der Waals surface area contributed by atoms with E-state index < -0.39 is 0 Å². The van der Waals surface area contributed by atoms with E-state index >= 15 is 0 Å². The van der Waals surface area contributed by atoms with E-state index in [2.05, 4.69) is 85.8 Å². The second-order valence-corrected chi connectivity index (χ2v) is 6.24. The summed E-state index contributed by atoms with van der Waals surface area (Å²) in [5.74, 6) is 0.889. The van der Waals surface area contributed by atoms with Crippen molar-refractivity contribution in [3.05, 3.63) is 90.5 Å². The van der Waals surface area contributed by atoms with Crippen LogP contribution in [0.15, 0.2) is 84.9 Å². The molecule has 0 unspecified atom stereocenters. The van der Waals surface area contributed by atoms with Crippen LogP contribution >= 0.6 is 0 Å². The van der Waals surface area contributed by atoms with Gasteiger partial charge in [-0.15, -0.1) is 0 Å². The van der Waals surface area contributed by atoms with E-state index in [0.717, 1.165) is 5.75 Å². The molecule has 0 radical (unpaired) electrons. The minimum absolute atomic E-state index is 0.889. The summed E-state index contributed by atoms with van der Waals surface area (Å²) in [7, 11) is 1.72. The van der Waals surface area contributed by atoms with Crippen molar-refractivity contribution in [2.45, 2.75) is 6.92 Å². The quantitative estimate of drug-likeness (QED) is 0.418. The summed E-state index contributed by atoms with van der Waals surface area (Å²) in [5.41, 5.74) is 6.26. The van der Waals surface area contributed by atoms with E-state index in [9.17, 15) is 0 Å². The third-order valence-electron chi connectivity index (χ3n) is 4.78. The third-order valence-corrected chi connectivity index (χ3v) is 4.78. The maximum Gasteiger partial charge on any atom is 0.119 e. The van der Waals surface area contributed by atoms with Gasteiger partial charge in [0.05, 0.1) is 7.11 Å². The van der Waals surface area contributed by atoms with Gasteiger partial charge >= 0.3 is 0 Å². The number of rotatable bonds is 3. The molecule has 1 heteroatoms. The smallest absolute Gasteiger partial charge is 0.119 e. The van der Waals surface area contributed by atoms with Crippen LogP contribution in [0.2, 0.25) is 0 Å². The number of fused-ring (bicyclic) bond motifs is 1. The van der Waals surface area contributed by atoms with E-state index in [1.807, 2.05) is 6.07 Å². The summed E-state index contributed by atoms with van der Waals surface area (Å²) >= 11 is 0. The van der Waals surface area contributed by atoms with Crippen molar-refractivity contribution in [3.63, 3.8) is 0 Å². The summed E-state index contributed by atoms with van der Waals surface area (Å²) < 4.78 is 5.47. The highest BCUT2D eigenvalue weighted by Gasteiger charge is 2.12. The molecule has 0 atom stereocenters. The number of hydrogen-bond acceptors (Lipinski definition) is 1. The molecule has 4 aromatic rings. The van der Waals surface area contributed by atoms with Gasteiger partial charge in [-0.2, -0.15) is 0 Å². The lowest BCUT2D eigenvalue weighted by molar-refractivity contribution is 0.415. The SMILES string of the molecule is COc1ccc2c(-c3ccccc3)cc(-c3ccccc3)c(C)c2c1. The molecule has 122 valence electrons. The Morgan fingerprint density at radius 3 is 1.80 bits per heavy atom. The van der Waals surface area contributed by atoms with Crippen LogP contribution in [0.1, 0.15) is 5.56 Å². The normalized spacial score (nSPS) is 10.8. The van der Waals surface area contributed by atoms with Gasteiger partial charge in [0, 0.05) is 0 Å². The van der Waals surface area contributed by atoms with Crippen LogP contribution in [0.3, 0.4) is 0 Å². The Labute approximate surface area is 148 Å². The first-order valence-electron chi connectivity index (χ1n) is 8.50. The lowest BCUT2D eigenvalue weighted by Crippen LogP contribution is -1.91. The molecule has 0 spiro atoms. The fourth-order valence-electron chi connectivity index (χ4n) is 3.44. The Kier molecular flexibility index (Phi) is 3.99. The lowest BCUT2D eigenvalue weighted by atomic mass is 9.89. The molecule has 0 aliphatic heterocycles. The predicted molar refractivity (Wildman–Crippen MR) is 106 cm³/mol. The Morgan fingerprint density at radius 1 is 0.600 bits per heavy atom. The van der Waals surface area contributed by atoms with Gasteiger partial charge in [0.1, 0.15) is 5.75 Å². The lowest BCUT2D eigenvalue weighted by Gasteiger charge is -2.16. The van der Waals surface area contributed by atoms with Crippen LogP contribution < -0.4 is 4.74 Å². The maximum atomic E-state index is 5.47. The van der Waals surface area contributed by atoms with Crippen molar-refractivity contribution >= 4 is 10.8 Å². The molecule has 0 fully saturated rings. The molecule has 0 saturated carbocycles. The van der Waals surface area contributed by atoms with Crippen LogP contribution in [0.25, 0.3) is 33.0 Å². The first-order valence-corrected chi connectivity index (χ1v) is 8.50. The molecule has 1 nitrogen and oxygen atoms in total. The highest BCUT2D eigenvalue weighted by molar-refractivity contribution is 6.03. The van der Waals surface area contributed by atoms with Gasteiger partial charge in [-0.3, -0.25) is 0 Å². The summed E-state index contributed by atoms with van der Waals surface area (Å²) in [5, 5.41) is 2.49. The van der Waals surface area contributed by atoms with Crippen molar-refractivity contribution < 1.29 is 4.74 Å². The van der Waals surface area contributed by atoms with Gasteiger partial charge in [-0.25, -0.2) is 0 Å². The molecule has 4 aromatic carbocycles. The number of aryl methyl sites for hydroxylation is 1. The topological polar surface area (TPSA) is 9.23 Å². The zero-order valence-corrected chi connectivity index (χ0v) is 14.5. The first-order chi connectivity index (χ1) is 12.3. The van der Waals surface area contributed by atoms with Gasteiger partial charge in [-0.05, 0) is 63.7 Å². The maximum absolute atomic E-state index is 5.47. The molecule has 0 aliphatic rings. The van der Waals surface area contributed by atoms with Crippen molar-refractivity contribution in [2.75, 3.05) is 7.11 Å². The monoisotopic (exact) mass is 324 g/mol. The van der Waals surface area contributed by atoms with E-state index in [-0.39, 0.29) is 0 Å². The van der Waals surface area contributed by atoms with Gasteiger partial charge in [0.25, 0.3) is 0 Å². The van der Waals surface area contributed by atoms with Gasteiger partial charge in [0.2, 0.25) is 0 Å².